The molecular formula is C14H20FN3O. The number of nitrogens with one attached hydrogen (secondary N) is 1. The van der Waals surface area contributed by atoms with Crippen LogP contribution in [0.15, 0.2) is 24.3 Å². The van der Waals surface area contributed by atoms with Crippen molar-refractivity contribution in [3.05, 3.63) is 35.6 Å². The molecule has 1 aromatic carbocycles. The predicted octanol–water partition coefficient (Wildman–Crippen LogP) is 1.84. The monoisotopic (exact) mass is 265 g/mol. The first-order valence-electron chi connectivity index (χ1n) is 6.61. The zero-order chi connectivity index (χ0) is 13.8. The quantitative estimate of drug-likeness (QED) is 0.882. The summed E-state index contributed by atoms with van der Waals surface area (Å²) in [5, 5.41) is 3.25. The fourth-order valence-corrected chi connectivity index (χ4v) is 2.37. The molecule has 1 saturated heterocycles. The molecule has 0 bridgehead atoms. The molecule has 4 nitrogen and oxygen atoms in total. The van der Waals surface area contributed by atoms with Gasteiger partial charge in [-0.3, -0.25) is 0 Å². The number of benzene rings is 1. The van der Waals surface area contributed by atoms with Crippen LogP contribution in [0.5, 0.6) is 0 Å². The zero-order valence-electron chi connectivity index (χ0n) is 11.4. The van der Waals surface area contributed by atoms with Gasteiger partial charge in [-0.15, -0.1) is 0 Å². The lowest BCUT2D eigenvalue weighted by Gasteiger charge is -2.25. The lowest BCUT2D eigenvalue weighted by molar-refractivity contribution is 0.194. The van der Waals surface area contributed by atoms with Gasteiger partial charge in [0, 0.05) is 32.2 Å². The molecule has 0 saturated carbocycles. The van der Waals surface area contributed by atoms with Crippen molar-refractivity contribution in [3.63, 3.8) is 0 Å². The van der Waals surface area contributed by atoms with Gasteiger partial charge in [0.1, 0.15) is 5.82 Å². The summed E-state index contributed by atoms with van der Waals surface area (Å²) in [6.45, 7) is 4.64. The lowest BCUT2D eigenvalue weighted by atomic mass is 10.1. The Kier molecular flexibility index (Phi) is 4.37. The molecule has 0 spiro atoms. The Hall–Kier alpha value is -1.62. The van der Waals surface area contributed by atoms with Gasteiger partial charge in [0.25, 0.3) is 0 Å². The summed E-state index contributed by atoms with van der Waals surface area (Å²) in [5.41, 5.74) is 0.617. The van der Waals surface area contributed by atoms with Gasteiger partial charge in [-0.05, 0) is 12.6 Å². The number of halogens is 1. The van der Waals surface area contributed by atoms with Crippen molar-refractivity contribution in [2.45, 2.75) is 13.0 Å². The third kappa shape index (κ3) is 3.04. The first-order chi connectivity index (χ1) is 9.13. The number of amides is 2. The van der Waals surface area contributed by atoms with Crippen LogP contribution in [0.25, 0.3) is 0 Å². The van der Waals surface area contributed by atoms with E-state index < -0.39 is 0 Å². The summed E-state index contributed by atoms with van der Waals surface area (Å²) in [7, 11) is 1.79. The van der Waals surface area contributed by atoms with Gasteiger partial charge >= 0.3 is 6.03 Å². The molecule has 1 fully saturated rings. The van der Waals surface area contributed by atoms with Crippen LogP contribution in [0, 0.1) is 5.82 Å². The van der Waals surface area contributed by atoms with E-state index >= 15 is 0 Å². The summed E-state index contributed by atoms with van der Waals surface area (Å²) < 4.78 is 13.9. The maximum Gasteiger partial charge on any atom is 0.319 e. The lowest BCUT2D eigenvalue weighted by Crippen LogP contribution is -2.38. The fourth-order valence-electron chi connectivity index (χ4n) is 2.37. The standard InChI is InChI=1S/C14H20FN3O/c1-3-16-13(11-6-4-5-7-12(11)15)10-18-9-8-17(2)14(18)19/h4-7,13,16H,3,8-10H2,1-2H3. The number of urea groups is 1. The van der Waals surface area contributed by atoms with Crippen LogP contribution >= 0.6 is 0 Å². The molecule has 1 aromatic rings. The molecule has 2 amide bonds. The highest BCUT2D eigenvalue weighted by molar-refractivity contribution is 5.76. The van der Waals surface area contributed by atoms with Gasteiger partial charge in [0.15, 0.2) is 0 Å². The van der Waals surface area contributed by atoms with E-state index in [0.717, 1.165) is 13.1 Å². The smallest absolute Gasteiger partial charge is 0.319 e. The normalized spacial score (nSPS) is 17.1. The van der Waals surface area contributed by atoms with Gasteiger partial charge in [-0.1, -0.05) is 25.1 Å². The minimum absolute atomic E-state index is 0.0132. The zero-order valence-corrected chi connectivity index (χ0v) is 11.4. The largest absolute Gasteiger partial charge is 0.326 e. The number of carbonyl (C=O) groups excluding carboxylic acids is 1. The Balaban J connectivity index is 2.13. The van der Waals surface area contributed by atoms with Gasteiger partial charge in [0.2, 0.25) is 0 Å². The highest BCUT2D eigenvalue weighted by Crippen LogP contribution is 2.20. The molecule has 1 heterocycles. The van der Waals surface area contributed by atoms with Crippen molar-refractivity contribution in [3.8, 4) is 0 Å². The van der Waals surface area contributed by atoms with Crippen molar-refractivity contribution in [1.82, 2.24) is 15.1 Å². The highest BCUT2D eigenvalue weighted by Gasteiger charge is 2.28. The van der Waals surface area contributed by atoms with Crippen LogP contribution in [0.2, 0.25) is 0 Å². The molecule has 1 atom stereocenters. The van der Waals surface area contributed by atoms with Crippen LogP contribution in [0.1, 0.15) is 18.5 Å². The Morgan fingerprint density at radius 2 is 2.11 bits per heavy atom. The van der Waals surface area contributed by atoms with Gasteiger partial charge < -0.3 is 15.1 Å². The average Bonchev–Trinajstić information content (AvgIpc) is 2.71. The van der Waals surface area contributed by atoms with Crippen LogP contribution in [-0.2, 0) is 0 Å². The van der Waals surface area contributed by atoms with E-state index in [1.54, 1.807) is 29.0 Å². The Bertz CT molecular complexity index is 452. The van der Waals surface area contributed by atoms with Crippen molar-refractivity contribution < 1.29 is 9.18 Å². The maximum absolute atomic E-state index is 13.9. The molecule has 0 radical (unpaired) electrons. The maximum atomic E-state index is 13.9. The number of hydrogen-bond acceptors (Lipinski definition) is 2. The average molecular weight is 265 g/mol. The minimum Gasteiger partial charge on any atom is -0.326 e. The Labute approximate surface area is 113 Å². The SMILES string of the molecule is CCNC(CN1CCN(C)C1=O)c1ccccc1F. The molecule has 5 heteroatoms. The van der Waals surface area contributed by atoms with Crippen molar-refractivity contribution in [2.24, 2.45) is 0 Å². The first-order valence-corrected chi connectivity index (χ1v) is 6.61. The summed E-state index contributed by atoms with van der Waals surface area (Å²) in [5.74, 6) is -0.228. The van der Waals surface area contributed by atoms with E-state index in [1.165, 1.54) is 6.07 Å². The Morgan fingerprint density at radius 3 is 2.68 bits per heavy atom. The third-order valence-electron chi connectivity index (χ3n) is 3.44. The summed E-state index contributed by atoms with van der Waals surface area (Å²) in [4.78, 5) is 15.3. The molecular weight excluding hydrogens is 245 g/mol. The Morgan fingerprint density at radius 1 is 1.37 bits per heavy atom. The van der Waals surface area contributed by atoms with Gasteiger partial charge in [0.05, 0.1) is 6.04 Å². The van der Waals surface area contributed by atoms with E-state index in [1.807, 2.05) is 13.0 Å². The van der Waals surface area contributed by atoms with E-state index in [-0.39, 0.29) is 17.9 Å². The van der Waals surface area contributed by atoms with Crippen LogP contribution in [0.3, 0.4) is 0 Å². The molecule has 1 aliphatic rings. The summed E-state index contributed by atoms with van der Waals surface area (Å²) in [6.07, 6.45) is 0. The molecule has 104 valence electrons. The second-order valence-electron chi connectivity index (χ2n) is 4.78. The molecule has 1 N–H and O–H groups in total. The second-order valence-corrected chi connectivity index (χ2v) is 4.78. The molecule has 2 rings (SSSR count). The molecule has 19 heavy (non-hydrogen) atoms. The number of carbonyl (C=O) groups is 1. The van der Waals surface area contributed by atoms with Crippen molar-refractivity contribution >= 4 is 6.03 Å². The van der Waals surface area contributed by atoms with Crippen LogP contribution < -0.4 is 5.32 Å². The summed E-state index contributed by atoms with van der Waals surface area (Å²) >= 11 is 0. The van der Waals surface area contributed by atoms with Gasteiger partial charge in [-0.25, -0.2) is 9.18 Å². The van der Waals surface area contributed by atoms with E-state index in [0.29, 0.717) is 18.7 Å². The highest BCUT2D eigenvalue weighted by atomic mass is 19.1. The molecule has 1 unspecified atom stereocenters. The molecule has 0 aromatic heterocycles. The molecule has 1 aliphatic heterocycles. The first kappa shape index (κ1) is 13.8. The third-order valence-corrected chi connectivity index (χ3v) is 3.44. The molecule has 0 aliphatic carbocycles. The van der Waals surface area contributed by atoms with Crippen LogP contribution in [0.4, 0.5) is 9.18 Å². The number of rotatable bonds is 5. The number of likely N-dealkylation sites (N-methyl/N-ethyl adjacent to an activating group) is 2. The second kappa shape index (κ2) is 6.02. The number of hydrogen-bond donors (Lipinski definition) is 1. The predicted molar refractivity (Wildman–Crippen MR) is 72.4 cm³/mol. The van der Waals surface area contributed by atoms with Crippen molar-refractivity contribution in [1.29, 1.82) is 0 Å². The topological polar surface area (TPSA) is 35.6 Å². The summed E-state index contributed by atoms with van der Waals surface area (Å²) in [6, 6.07) is 6.57. The van der Waals surface area contributed by atoms with Crippen molar-refractivity contribution in [2.75, 3.05) is 33.2 Å². The van der Waals surface area contributed by atoms with E-state index in [9.17, 15) is 9.18 Å². The fraction of sp³-hybridized carbons (Fsp3) is 0.500. The minimum atomic E-state index is -0.228. The van der Waals surface area contributed by atoms with Crippen LogP contribution in [-0.4, -0.2) is 49.1 Å². The number of nitrogens with zero attached hydrogens (tertiary/aromatic N) is 2. The van der Waals surface area contributed by atoms with E-state index in [4.69, 9.17) is 0 Å². The van der Waals surface area contributed by atoms with Gasteiger partial charge in [-0.2, -0.15) is 0 Å². The van der Waals surface area contributed by atoms with E-state index in [2.05, 4.69) is 5.32 Å².